The number of likely N-dealkylation sites (tertiary alicyclic amines) is 1. The van der Waals surface area contributed by atoms with Gasteiger partial charge in [-0.2, -0.15) is 0 Å². The summed E-state index contributed by atoms with van der Waals surface area (Å²) in [7, 11) is 2.14. The molecule has 0 aromatic carbocycles. The van der Waals surface area contributed by atoms with Gasteiger partial charge in [-0.3, -0.25) is 9.69 Å². The summed E-state index contributed by atoms with van der Waals surface area (Å²) in [6, 6.07) is 0.291. The van der Waals surface area contributed by atoms with Crippen molar-refractivity contribution in [2.45, 2.75) is 43.7 Å². The molecule has 0 aromatic heterocycles. The SMILES string of the molecule is CN1CCCCC1CCN1C(=O)NC2(CCNC2)C1=O. The first-order chi connectivity index (χ1) is 9.62. The van der Waals surface area contributed by atoms with Crippen molar-refractivity contribution in [1.29, 1.82) is 0 Å². The zero-order valence-electron chi connectivity index (χ0n) is 12.2. The van der Waals surface area contributed by atoms with Gasteiger partial charge in [0.1, 0.15) is 5.54 Å². The molecule has 6 nitrogen and oxygen atoms in total. The smallest absolute Gasteiger partial charge is 0.322 e. The van der Waals surface area contributed by atoms with E-state index in [-0.39, 0.29) is 11.9 Å². The average molecular weight is 280 g/mol. The van der Waals surface area contributed by atoms with E-state index in [0.29, 0.717) is 25.6 Å². The number of amides is 3. The minimum absolute atomic E-state index is 0.0361. The highest BCUT2D eigenvalue weighted by Crippen LogP contribution is 2.25. The normalized spacial score (nSPS) is 35.0. The molecule has 112 valence electrons. The Balaban J connectivity index is 1.60. The maximum Gasteiger partial charge on any atom is 0.325 e. The molecule has 2 unspecified atom stereocenters. The van der Waals surface area contributed by atoms with E-state index in [1.54, 1.807) is 0 Å². The number of carbonyl (C=O) groups is 2. The number of imide groups is 1. The summed E-state index contributed by atoms with van der Waals surface area (Å²) in [5.74, 6) is -0.0361. The summed E-state index contributed by atoms with van der Waals surface area (Å²) < 4.78 is 0. The Kier molecular flexibility index (Phi) is 3.69. The van der Waals surface area contributed by atoms with Crippen LogP contribution in [-0.4, -0.2) is 66.5 Å². The summed E-state index contributed by atoms with van der Waals surface area (Å²) in [5, 5.41) is 6.06. The summed E-state index contributed by atoms with van der Waals surface area (Å²) >= 11 is 0. The van der Waals surface area contributed by atoms with Crippen molar-refractivity contribution in [2.24, 2.45) is 0 Å². The highest BCUT2D eigenvalue weighted by molar-refractivity contribution is 6.07. The van der Waals surface area contributed by atoms with Gasteiger partial charge in [-0.25, -0.2) is 4.79 Å². The quantitative estimate of drug-likeness (QED) is 0.722. The third kappa shape index (κ3) is 2.31. The van der Waals surface area contributed by atoms with Gasteiger partial charge in [0.05, 0.1) is 0 Å². The highest BCUT2D eigenvalue weighted by atomic mass is 16.2. The van der Waals surface area contributed by atoms with Crippen molar-refractivity contribution in [2.75, 3.05) is 33.2 Å². The van der Waals surface area contributed by atoms with Crippen LogP contribution in [0.1, 0.15) is 32.1 Å². The molecule has 3 fully saturated rings. The molecule has 1 spiro atoms. The minimum Gasteiger partial charge on any atom is -0.322 e. The van der Waals surface area contributed by atoms with Crippen LogP contribution in [0.4, 0.5) is 4.79 Å². The molecular weight excluding hydrogens is 256 g/mol. The van der Waals surface area contributed by atoms with E-state index in [0.717, 1.165) is 19.5 Å². The minimum atomic E-state index is -0.657. The summed E-state index contributed by atoms with van der Waals surface area (Å²) in [4.78, 5) is 28.3. The first kappa shape index (κ1) is 13.8. The maximum absolute atomic E-state index is 12.5. The van der Waals surface area contributed by atoms with Crippen molar-refractivity contribution < 1.29 is 9.59 Å². The fourth-order valence-corrected chi connectivity index (χ4v) is 3.65. The number of piperidine rings is 1. The highest BCUT2D eigenvalue weighted by Gasteiger charge is 2.52. The van der Waals surface area contributed by atoms with Gasteiger partial charge in [0.25, 0.3) is 5.91 Å². The van der Waals surface area contributed by atoms with Gasteiger partial charge in [0.2, 0.25) is 0 Å². The molecule has 2 N–H and O–H groups in total. The number of hydrogen-bond donors (Lipinski definition) is 2. The van der Waals surface area contributed by atoms with Crippen molar-refractivity contribution in [3.8, 4) is 0 Å². The van der Waals surface area contributed by atoms with Crippen LogP contribution in [0.5, 0.6) is 0 Å². The lowest BCUT2D eigenvalue weighted by Gasteiger charge is -2.33. The maximum atomic E-state index is 12.5. The second kappa shape index (κ2) is 5.33. The Morgan fingerprint density at radius 1 is 1.35 bits per heavy atom. The lowest BCUT2D eigenvalue weighted by molar-refractivity contribution is -0.130. The molecule has 6 heteroatoms. The monoisotopic (exact) mass is 280 g/mol. The molecule has 0 radical (unpaired) electrons. The van der Waals surface area contributed by atoms with Crippen molar-refractivity contribution >= 4 is 11.9 Å². The molecule has 0 aliphatic carbocycles. The number of rotatable bonds is 3. The number of hydrogen-bond acceptors (Lipinski definition) is 4. The van der Waals surface area contributed by atoms with Gasteiger partial charge < -0.3 is 15.5 Å². The zero-order valence-corrected chi connectivity index (χ0v) is 12.2. The number of nitrogens with one attached hydrogen (secondary N) is 2. The van der Waals surface area contributed by atoms with E-state index in [9.17, 15) is 9.59 Å². The predicted molar refractivity (Wildman–Crippen MR) is 75.3 cm³/mol. The van der Waals surface area contributed by atoms with E-state index in [4.69, 9.17) is 0 Å². The lowest BCUT2D eigenvalue weighted by Crippen LogP contribution is -2.49. The number of carbonyl (C=O) groups excluding carboxylic acids is 2. The van der Waals surface area contributed by atoms with Crippen LogP contribution >= 0.6 is 0 Å². The summed E-state index contributed by atoms with van der Waals surface area (Å²) in [5.41, 5.74) is -0.657. The molecule has 3 aliphatic heterocycles. The van der Waals surface area contributed by atoms with Crippen molar-refractivity contribution in [3.63, 3.8) is 0 Å². The van der Waals surface area contributed by atoms with Crippen LogP contribution in [0, 0.1) is 0 Å². The van der Waals surface area contributed by atoms with Crippen LogP contribution in [0.15, 0.2) is 0 Å². The molecule has 20 heavy (non-hydrogen) atoms. The van der Waals surface area contributed by atoms with Gasteiger partial charge in [-0.15, -0.1) is 0 Å². The molecule has 0 bridgehead atoms. The van der Waals surface area contributed by atoms with Crippen LogP contribution in [0.25, 0.3) is 0 Å². The van der Waals surface area contributed by atoms with E-state index in [2.05, 4.69) is 22.6 Å². The Bertz CT molecular complexity index is 406. The first-order valence-electron chi connectivity index (χ1n) is 7.67. The summed E-state index contributed by atoms with van der Waals surface area (Å²) in [6.45, 7) is 3.03. The molecule has 0 aromatic rings. The molecular formula is C14H24N4O2. The van der Waals surface area contributed by atoms with Crippen molar-refractivity contribution in [1.82, 2.24) is 20.4 Å². The van der Waals surface area contributed by atoms with Gasteiger partial charge in [-0.1, -0.05) is 6.42 Å². The summed E-state index contributed by atoms with van der Waals surface area (Å²) in [6.07, 6.45) is 5.28. The van der Waals surface area contributed by atoms with Gasteiger partial charge >= 0.3 is 6.03 Å². The molecule has 0 saturated carbocycles. The predicted octanol–water partition coefficient (Wildman–Crippen LogP) is 0.145. The molecule has 3 saturated heterocycles. The Hall–Kier alpha value is -1.14. The Labute approximate surface area is 119 Å². The fraction of sp³-hybridized carbons (Fsp3) is 0.857. The first-order valence-corrected chi connectivity index (χ1v) is 7.67. The van der Waals surface area contributed by atoms with Crippen molar-refractivity contribution in [3.05, 3.63) is 0 Å². The molecule has 3 rings (SSSR count). The van der Waals surface area contributed by atoms with Gasteiger partial charge in [0, 0.05) is 19.1 Å². The van der Waals surface area contributed by atoms with Crippen LogP contribution in [0.2, 0.25) is 0 Å². The standard InChI is InChI=1S/C14H24N4O2/c1-17-8-3-2-4-11(17)5-9-18-12(19)14(16-13(18)20)6-7-15-10-14/h11,15H,2-10H2,1H3,(H,16,20). The van der Waals surface area contributed by atoms with E-state index in [1.807, 2.05) is 0 Å². The third-order valence-electron chi connectivity index (χ3n) is 5.01. The second-order valence-corrected chi connectivity index (χ2v) is 6.31. The second-order valence-electron chi connectivity index (χ2n) is 6.31. The molecule has 3 heterocycles. The van der Waals surface area contributed by atoms with E-state index < -0.39 is 5.54 Å². The Morgan fingerprint density at radius 2 is 2.20 bits per heavy atom. The van der Waals surface area contributed by atoms with E-state index >= 15 is 0 Å². The molecule has 2 atom stereocenters. The van der Waals surface area contributed by atoms with Crippen LogP contribution in [0.3, 0.4) is 0 Å². The Morgan fingerprint density at radius 3 is 2.90 bits per heavy atom. The van der Waals surface area contributed by atoms with Gasteiger partial charge in [0.15, 0.2) is 0 Å². The van der Waals surface area contributed by atoms with Gasteiger partial charge in [-0.05, 0) is 45.8 Å². The lowest BCUT2D eigenvalue weighted by atomic mass is 9.98. The molecule has 3 amide bonds. The van der Waals surface area contributed by atoms with Crippen LogP contribution in [-0.2, 0) is 4.79 Å². The number of nitrogens with zero attached hydrogens (tertiary/aromatic N) is 2. The average Bonchev–Trinajstić information content (AvgIpc) is 2.98. The zero-order chi connectivity index (χ0) is 14.2. The topological polar surface area (TPSA) is 64.7 Å². The fourth-order valence-electron chi connectivity index (χ4n) is 3.65. The van der Waals surface area contributed by atoms with Crippen LogP contribution < -0.4 is 10.6 Å². The molecule has 3 aliphatic rings. The number of urea groups is 1. The van der Waals surface area contributed by atoms with E-state index in [1.165, 1.54) is 24.2 Å². The third-order valence-corrected chi connectivity index (χ3v) is 5.01. The largest absolute Gasteiger partial charge is 0.325 e.